The molecule has 0 saturated carbocycles. The topological polar surface area (TPSA) is 0 Å². The van der Waals surface area contributed by atoms with Gasteiger partial charge in [0.25, 0.3) is 0 Å². The van der Waals surface area contributed by atoms with Gasteiger partial charge in [0.2, 0.25) is 0 Å². The summed E-state index contributed by atoms with van der Waals surface area (Å²) < 4.78 is 0. The Morgan fingerprint density at radius 1 is 0.0805 bits per heavy atom. The Balaban J connectivity index is -0.000000539. The average molecular weight is 1990 g/mol. The predicted molar refractivity (Wildman–Crippen MR) is 691 cm³/mol. The Kier molecular flexibility index (Phi) is 93.7. The molecular formula is C149H200. The molecule has 0 heteroatoms. The van der Waals surface area contributed by atoms with E-state index in [-0.39, 0.29) is 0 Å². The zero-order valence-electron chi connectivity index (χ0n) is 101. The molecule has 0 heterocycles. The molecule has 0 N–H and O–H groups in total. The minimum Gasteiger partial charge on any atom is -0.0683 e. The summed E-state index contributed by atoms with van der Waals surface area (Å²) >= 11 is 0. The maximum Gasteiger partial charge on any atom is -0.00992 e. The molecule has 0 unspecified atom stereocenters. The highest BCUT2D eigenvalue weighted by atomic mass is 14.2. The molecule has 0 radical (unpaired) electrons. The Morgan fingerprint density at radius 2 is 0.255 bits per heavy atom. The first-order valence-electron chi connectivity index (χ1n) is 57.0. The standard InChI is InChI=1S/3C25H20.2C19H16.18C2H6/c1-19-12-14-22(15-13-19)25-17-23(20-8-4-2-5-9-20)16-24(18-25)21-10-6-3-7-11-21;1-19-12-14-20(15-13-19)23-16-17-24(21-8-4-2-5-9-21)25(18-23)22-10-6-3-7-11-22;1-19-10-9-13-21(18-19)23-15-6-8-17-25(23)24-16-7-5-14-22(24)20-11-3-2-4-12-20;1-15-12-13-18(16-8-4-2-5-9-16)14-19(15)17-10-6-3-7-11-17;1-15-12-13-18(16-8-4-2-5-9-16)19(14-15)17-10-6-3-7-11-17;18*1-2/h3*2-18H,1H3;2*2-14H,1H3;18*1-2H3. The number of hydrogen-bond acceptors (Lipinski definition) is 0. The van der Waals surface area contributed by atoms with Gasteiger partial charge in [-0.3, -0.25) is 0 Å². The van der Waals surface area contributed by atoms with Crippen LogP contribution in [0.25, 0.3) is 145 Å². The first kappa shape index (κ1) is 143. The Morgan fingerprint density at radius 3 is 0.544 bits per heavy atom. The molecule has 149 heavy (non-hydrogen) atoms. The molecule has 18 rings (SSSR count). The van der Waals surface area contributed by atoms with Gasteiger partial charge in [-0.05, 0) is 215 Å². The molecule has 0 aliphatic rings. The Bertz CT molecular complexity index is 5940. The first-order valence-corrected chi connectivity index (χ1v) is 57.0. The van der Waals surface area contributed by atoms with Crippen LogP contribution >= 0.6 is 0 Å². The van der Waals surface area contributed by atoms with E-state index in [1.165, 1.54) is 172 Å². The maximum absolute atomic E-state index is 2.31. The summed E-state index contributed by atoms with van der Waals surface area (Å²) in [5.74, 6) is 0. The third kappa shape index (κ3) is 51.4. The summed E-state index contributed by atoms with van der Waals surface area (Å²) in [6.07, 6.45) is 0. The quantitative estimate of drug-likeness (QED) is 0.108. The third-order valence-corrected chi connectivity index (χ3v) is 20.4. The van der Waals surface area contributed by atoms with E-state index in [1.807, 2.05) is 249 Å². The van der Waals surface area contributed by atoms with Gasteiger partial charge in [0.15, 0.2) is 0 Å². The van der Waals surface area contributed by atoms with Crippen molar-refractivity contribution in [2.24, 2.45) is 0 Å². The summed E-state index contributed by atoms with van der Waals surface area (Å²) in [7, 11) is 0. The van der Waals surface area contributed by atoms with Gasteiger partial charge in [0.1, 0.15) is 0 Å². The lowest BCUT2D eigenvalue weighted by atomic mass is 9.89. The summed E-state index contributed by atoms with van der Waals surface area (Å²) in [5.41, 5.74) is 39.3. The van der Waals surface area contributed by atoms with Crippen molar-refractivity contribution in [2.75, 3.05) is 0 Å². The third-order valence-electron chi connectivity index (χ3n) is 20.4. The number of hydrogen-bond donors (Lipinski definition) is 0. The smallest absolute Gasteiger partial charge is 0.00992 e. The second-order valence-electron chi connectivity index (χ2n) is 28.6. The summed E-state index contributed by atoms with van der Waals surface area (Å²) in [6, 6.07) is 166. The predicted octanol–water partition coefficient (Wildman–Crippen LogP) is 50.1. The highest BCUT2D eigenvalue weighted by molar-refractivity contribution is 5.93. The molecule has 0 aliphatic heterocycles. The van der Waals surface area contributed by atoms with E-state index in [9.17, 15) is 0 Å². The highest BCUT2D eigenvalue weighted by Gasteiger charge is 2.15. The molecule has 18 aromatic carbocycles. The summed E-state index contributed by atoms with van der Waals surface area (Å²) in [6.45, 7) is 82.7. The normalized spacial score (nSPS) is 8.70. The molecule has 0 atom stereocenters. The van der Waals surface area contributed by atoms with Crippen molar-refractivity contribution in [3.63, 3.8) is 0 Å². The fourth-order valence-corrected chi connectivity index (χ4v) is 14.4. The van der Waals surface area contributed by atoms with Gasteiger partial charge in [0, 0.05) is 0 Å². The van der Waals surface area contributed by atoms with Gasteiger partial charge in [-0.15, -0.1) is 0 Å². The van der Waals surface area contributed by atoms with E-state index < -0.39 is 0 Å². The van der Waals surface area contributed by atoms with E-state index in [4.69, 9.17) is 0 Å². The molecular weight excluding hydrogens is 1790 g/mol. The number of aryl methyl sites for hydroxylation is 5. The molecule has 0 saturated heterocycles. The molecule has 0 spiro atoms. The van der Waals surface area contributed by atoms with Gasteiger partial charge in [0.05, 0.1) is 0 Å². The molecule has 0 nitrogen and oxygen atoms in total. The van der Waals surface area contributed by atoms with Crippen LogP contribution in [0, 0.1) is 34.6 Å². The average Bonchev–Trinajstić information content (AvgIpc) is 0.549. The molecule has 0 aromatic heterocycles. The van der Waals surface area contributed by atoms with Crippen molar-refractivity contribution in [1.29, 1.82) is 0 Å². The van der Waals surface area contributed by atoms with Gasteiger partial charge < -0.3 is 0 Å². The lowest BCUT2D eigenvalue weighted by molar-refractivity contribution is 1.45. The number of benzene rings is 18. The monoisotopic (exact) mass is 1990 g/mol. The van der Waals surface area contributed by atoms with E-state index in [1.54, 1.807) is 0 Å². The van der Waals surface area contributed by atoms with Crippen molar-refractivity contribution >= 4 is 0 Å². The summed E-state index contributed by atoms with van der Waals surface area (Å²) in [5, 5.41) is 0. The minimum absolute atomic E-state index is 1.24. The maximum atomic E-state index is 2.31. The second-order valence-corrected chi connectivity index (χ2v) is 28.6. The van der Waals surface area contributed by atoms with Crippen molar-refractivity contribution in [3.05, 3.63) is 495 Å². The summed E-state index contributed by atoms with van der Waals surface area (Å²) in [4.78, 5) is 0. The largest absolute Gasteiger partial charge is 0.0683 e. The molecule has 796 valence electrons. The minimum atomic E-state index is 1.24. The van der Waals surface area contributed by atoms with Crippen molar-refractivity contribution in [2.45, 2.75) is 284 Å². The van der Waals surface area contributed by atoms with E-state index in [0.29, 0.717) is 0 Å². The fraction of sp³-hybridized carbons (Fsp3) is 0.275. The van der Waals surface area contributed by atoms with Crippen LogP contribution in [0.15, 0.2) is 467 Å². The lowest BCUT2D eigenvalue weighted by Crippen LogP contribution is -1.89. The van der Waals surface area contributed by atoms with Crippen LogP contribution in [0.2, 0.25) is 0 Å². The molecule has 0 fully saturated rings. The van der Waals surface area contributed by atoms with Gasteiger partial charge >= 0.3 is 0 Å². The van der Waals surface area contributed by atoms with Crippen LogP contribution in [0.4, 0.5) is 0 Å². The molecule has 18 aromatic rings. The van der Waals surface area contributed by atoms with E-state index in [0.717, 1.165) is 0 Å². The zero-order chi connectivity index (χ0) is 113. The van der Waals surface area contributed by atoms with Gasteiger partial charge in [-0.2, -0.15) is 0 Å². The van der Waals surface area contributed by atoms with Gasteiger partial charge in [-0.1, -0.05) is 708 Å². The van der Waals surface area contributed by atoms with Crippen LogP contribution in [0.5, 0.6) is 0 Å². The van der Waals surface area contributed by atoms with Crippen molar-refractivity contribution in [3.8, 4) is 145 Å². The lowest BCUT2D eigenvalue weighted by Gasteiger charge is -2.15. The SMILES string of the molecule is CC.CC.CC.CC.CC.CC.CC.CC.CC.CC.CC.CC.CC.CC.CC.CC.CC.CC.Cc1ccc(-c2cc(-c3ccccc3)cc(-c3ccccc3)c2)cc1.Cc1ccc(-c2ccc(-c3ccccc3)c(-c3ccccc3)c2)cc1.Cc1ccc(-c2ccccc2)c(-c2ccccc2)c1.Cc1ccc(-c2ccccc2)cc1-c1ccccc1.Cc1cccc(-c2ccccc2-c2ccccc2-c2ccccc2)c1. The highest BCUT2D eigenvalue weighted by Crippen LogP contribution is 2.41. The van der Waals surface area contributed by atoms with Crippen molar-refractivity contribution < 1.29 is 0 Å². The van der Waals surface area contributed by atoms with Crippen LogP contribution in [-0.2, 0) is 0 Å². The van der Waals surface area contributed by atoms with E-state index >= 15 is 0 Å². The molecule has 0 bridgehead atoms. The van der Waals surface area contributed by atoms with Crippen LogP contribution in [0.1, 0.15) is 277 Å². The fourth-order valence-electron chi connectivity index (χ4n) is 14.4. The zero-order valence-corrected chi connectivity index (χ0v) is 101. The molecule has 0 amide bonds. The number of rotatable bonds is 13. The van der Waals surface area contributed by atoms with Crippen LogP contribution < -0.4 is 0 Å². The second kappa shape index (κ2) is 97.4. The Hall–Kier alpha value is -14.0. The van der Waals surface area contributed by atoms with Crippen molar-refractivity contribution in [1.82, 2.24) is 0 Å². The van der Waals surface area contributed by atoms with Crippen LogP contribution in [0.3, 0.4) is 0 Å². The molecule has 0 aliphatic carbocycles. The van der Waals surface area contributed by atoms with E-state index in [2.05, 4.69) is 502 Å². The Labute approximate surface area is 916 Å². The van der Waals surface area contributed by atoms with Crippen LogP contribution in [-0.4, -0.2) is 0 Å². The first-order chi connectivity index (χ1) is 73.6. The van der Waals surface area contributed by atoms with Gasteiger partial charge in [-0.25, -0.2) is 0 Å².